The molecule has 0 amide bonds. The van der Waals surface area contributed by atoms with Crippen molar-refractivity contribution in [3.8, 4) is 0 Å². The molecule has 0 fully saturated rings. The Labute approximate surface area is 97.3 Å². The van der Waals surface area contributed by atoms with Gasteiger partial charge in [0.25, 0.3) is 5.56 Å². The summed E-state index contributed by atoms with van der Waals surface area (Å²) in [7, 11) is 0. The van der Waals surface area contributed by atoms with Gasteiger partial charge in [-0.25, -0.2) is 4.79 Å². The fourth-order valence-electron chi connectivity index (χ4n) is 1.73. The summed E-state index contributed by atoms with van der Waals surface area (Å²) in [5, 5.41) is 9.45. The molecule has 0 bridgehead atoms. The van der Waals surface area contributed by atoms with Crippen molar-refractivity contribution >= 4 is 10.9 Å². The molecule has 2 aromatic rings. The van der Waals surface area contributed by atoms with Crippen LogP contribution >= 0.6 is 0 Å². The van der Waals surface area contributed by atoms with Gasteiger partial charge in [0, 0.05) is 13.2 Å². The van der Waals surface area contributed by atoms with E-state index >= 15 is 0 Å². The number of hydrogen-bond acceptors (Lipinski definition) is 3. The van der Waals surface area contributed by atoms with E-state index in [2.05, 4.69) is 4.98 Å². The SMILES string of the molecule is CC(CO)Cn1c(=O)[nH]c2ccccc2c1=O. The Bertz CT molecular complexity index is 642. The Morgan fingerprint density at radius 2 is 2.06 bits per heavy atom. The average Bonchev–Trinajstić information content (AvgIpc) is 2.34. The highest BCUT2D eigenvalue weighted by molar-refractivity contribution is 5.76. The maximum Gasteiger partial charge on any atom is 0.328 e. The van der Waals surface area contributed by atoms with Gasteiger partial charge in [-0.3, -0.25) is 9.36 Å². The van der Waals surface area contributed by atoms with E-state index in [1.54, 1.807) is 31.2 Å². The van der Waals surface area contributed by atoms with E-state index in [-0.39, 0.29) is 24.6 Å². The fraction of sp³-hybridized carbons (Fsp3) is 0.333. The number of aliphatic hydroxyl groups is 1. The lowest BCUT2D eigenvalue weighted by molar-refractivity contribution is 0.220. The molecule has 0 radical (unpaired) electrons. The van der Waals surface area contributed by atoms with Crippen molar-refractivity contribution in [2.75, 3.05) is 6.61 Å². The normalized spacial score (nSPS) is 12.8. The first kappa shape index (κ1) is 11.6. The van der Waals surface area contributed by atoms with E-state index < -0.39 is 5.69 Å². The number of nitrogens with one attached hydrogen (secondary N) is 1. The second-order valence-electron chi connectivity index (χ2n) is 4.18. The molecule has 1 heterocycles. The van der Waals surface area contributed by atoms with Crippen LogP contribution in [0.2, 0.25) is 0 Å². The molecule has 0 spiro atoms. The van der Waals surface area contributed by atoms with Gasteiger partial charge in [-0.15, -0.1) is 0 Å². The van der Waals surface area contributed by atoms with E-state index in [0.29, 0.717) is 10.9 Å². The Balaban J connectivity index is 2.64. The first-order chi connectivity index (χ1) is 8.13. The molecule has 0 aliphatic heterocycles. The van der Waals surface area contributed by atoms with Gasteiger partial charge in [0.2, 0.25) is 0 Å². The van der Waals surface area contributed by atoms with Crippen molar-refractivity contribution in [2.45, 2.75) is 13.5 Å². The third kappa shape index (κ3) is 2.14. The minimum absolute atomic E-state index is 0.0568. The molecule has 1 unspecified atom stereocenters. The van der Waals surface area contributed by atoms with E-state index in [4.69, 9.17) is 5.11 Å². The number of hydrogen-bond donors (Lipinski definition) is 2. The summed E-state index contributed by atoms with van der Waals surface area (Å²) < 4.78 is 1.13. The summed E-state index contributed by atoms with van der Waals surface area (Å²) in [6.07, 6.45) is 0. The molecule has 0 saturated heterocycles. The number of aromatic amines is 1. The summed E-state index contributed by atoms with van der Waals surface area (Å²) in [5.74, 6) is -0.130. The second kappa shape index (κ2) is 4.55. The number of nitrogens with zero attached hydrogens (tertiary/aromatic N) is 1. The summed E-state index contributed by atoms with van der Waals surface area (Å²) in [5.41, 5.74) is -0.214. The lowest BCUT2D eigenvalue weighted by atomic mass is 10.2. The third-order valence-corrected chi connectivity index (χ3v) is 2.70. The molecule has 1 aromatic carbocycles. The van der Waals surface area contributed by atoms with Gasteiger partial charge in [0.1, 0.15) is 0 Å². The van der Waals surface area contributed by atoms with Crippen LogP contribution in [0.3, 0.4) is 0 Å². The zero-order valence-corrected chi connectivity index (χ0v) is 9.51. The molecule has 2 rings (SSSR count). The largest absolute Gasteiger partial charge is 0.396 e. The van der Waals surface area contributed by atoms with Crippen LogP contribution < -0.4 is 11.2 Å². The zero-order chi connectivity index (χ0) is 12.4. The summed E-state index contributed by atoms with van der Waals surface area (Å²) in [6.45, 7) is 1.94. The zero-order valence-electron chi connectivity index (χ0n) is 9.51. The second-order valence-corrected chi connectivity index (χ2v) is 4.18. The Kier molecular flexibility index (Phi) is 3.10. The highest BCUT2D eigenvalue weighted by Gasteiger charge is 2.09. The number of H-pyrrole nitrogens is 1. The van der Waals surface area contributed by atoms with E-state index in [1.807, 2.05) is 0 Å². The van der Waals surface area contributed by atoms with Crippen LogP contribution in [0.4, 0.5) is 0 Å². The first-order valence-corrected chi connectivity index (χ1v) is 5.46. The van der Waals surface area contributed by atoms with Crippen molar-refractivity contribution < 1.29 is 5.11 Å². The minimum atomic E-state index is -0.436. The summed E-state index contributed by atoms with van der Waals surface area (Å²) >= 11 is 0. The number of para-hydroxylation sites is 1. The number of fused-ring (bicyclic) bond motifs is 1. The summed E-state index contributed by atoms with van der Waals surface area (Å²) in [6, 6.07) is 6.88. The van der Waals surface area contributed by atoms with Crippen LogP contribution in [-0.4, -0.2) is 21.3 Å². The van der Waals surface area contributed by atoms with Gasteiger partial charge in [-0.1, -0.05) is 19.1 Å². The molecule has 1 aromatic heterocycles. The standard InChI is InChI=1S/C12H14N2O3/c1-8(7-15)6-14-11(16)9-4-2-3-5-10(9)13-12(14)17/h2-5,8,15H,6-7H2,1H3,(H,13,17). The minimum Gasteiger partial charge on any atom is -0.396 e. The molecule has 17 heavy (non-hydrogen) atoms. The Morgan fingerprint density at radius 1 is 1.35 bits per heavy atom. The van der Waals surface area contributed by atoms with Gasteiger partial charge >= 0.3 is 5.69 Å². The van der Waals surface area contributed by atoms with Gasteiger partial charge in [-0.2, -0.15) is 0 Å². The molecule has 0 saturated carbocycles. The molecule has 0 aliphatic rings. The molecule has 90 valence electrons. The van der Waals surface area contributed by atoms with Crippen LogP contribution in [0, 0.1) is 5.92 Å². The Morgan fingerprint density at radius 3 is 2.76 bits per heavy atom. The van der Waals surface area contributed by atoms with Gasteiger partial charge in [-0.05, 0) is 18.1 Å². The van der Waals surface area contributed by atoms with Gasteiger partial charge in [0.05, 0.1) is 10.9 Å². The number of benzene rings is 1. The predicted octanol–water partition coefficient (Wildman–Crippen LogP) is 0.318. The first-order valence-electron chi connectivity index (χ1n) is 5.46. The van der Waals surface area contributed by atoms with Crippen molar-refractivity contribution in [1.82, 2.24) is 9.55 Å². The molecule has 5 nitrogen and oxygen atoms in total. The van der Waals surface area contributed by atoms with E-state index in [9.17, 15) is 9.59 Å². The maximum absolute atomic E-state index is 12.1. The number of aliphatic hydroxyl groups excluding tert-OH is 1. The third-order valence-electron chi connectivity index (χ3n) is 2.70. The highest BCUT2D eigenvalue weighted by atomic mass is 16.3. The van der Waals surface area contributed by atoms with Crippen molar-refractivity contribution in [3.05, 3.63) is 45.1 Å². The lowest BCUT2D eigenvalue weighted by Gasteiger charge is -2.10. The smallest absolute Gasteiger partial charge is 0.328 e. The Hall–Kier alpha value is -1.88. The van der Waals surface area contributed by atoms with Crippen LogP contribution in [0.1, 0.15) is 6.92 Å². The topological polar surface area (TPSA) is 75.1 Å². The highest BCUT2D eigenvalue weighted by Crippen LogP contribution is 2.03. The molecule has 2 N–H and O–H groups in total. The van der Waals surface area contributed by atoms with Gasteiger partial charge < -0.3 is 10.1 Å². The molecular weight excluding hydrogens is 220 g/mol. The fourth-order valence-corrected chi connectivity index (χ4v) is 1.73. The predicted molar refractivity (Wildman–Crippen MR) is 65.1 cm³/mol. The monoisotopic (exact) mass is 234 g/mol. The van der Waals surface area contributed by atoms with E-state index in [1.165, 1.54) is 0 Å². The molecule has 5 heteroatoms. The van der Waals surface area contributed by atoms with Gasteiger partial charge in [0.15, 0.2) is 0 Å². The van der Waals surface area contributed by atoms with Crippen LogP contribution in [0.5, 0.6) is 0 Å². The molecule has 1 atom stereocenters. The van der Waals surface area contributed by atoms with Crippen LogP contribution in [-0.2, 0) is 6.54 Å². The number of aromatic nitrogens is 2. The lowest BCUT2D eigenvalue weighted by Crippen LogP contribution is -2.37. The van der Waals surface area contributed by atoms with Crippen molar-refractivity contribution in [3.63, 3.8) is 0 Å². The van der Waals surface area contributed by atoms with Crippen molar-refractivity contribution in [2.24, 2.45) is 5.92 Å². The molecule has 0 aliphatic carbocycles. The van der Waals surface area contributed by atoms with Crippen molar-refractivity contribution in [1.29, 1.82) is 0 Å². The van der Waals surface area contributed by atoms with Crippen LogP contribution in [0.15, 0.2) is 33.9 Å². The summed E-state index contributed by atoms with van der Waals surface area (Å²) in [4.78, 5) is 26.4. The maximum atomic E-state index is 12.1. The van der Waals surface area contributed by atoms with E-state index in [0.717, 1.165) is 4.57 Å². The molecular formula is C12H14N2O3. The average molecular weight is 234 g/mol. The quantitative estimate of drug-likeness (QED) is 0.803. The number of rotatable bonds is 3. The van der Waals surface area contributed by atoms with Crippen LogP contribution in [0.25, 0.3) is 10.9 Å².